The fourth-order valence-corrected chi connectivity index (χ4v) is 2.09. The number of rotatable bonds is 1. The van der Waals surface area contributed by atoms with Crippen molar-refractivity contribution in [3.63, 3.8) is 0 Å². The van der Waals surface area contributed by atoms with Gasteiger partial charge in [-0.25, -0.2) is 9.59 Å². The summed E-state index contributed by atoms with van der Waals surface area (Å²) >= 11 is 3.40. The Morgan fingerprint density at radius 1 is 1.25 bits per heavy atom. The molecule has 0 radical (unpaired) electrons. The molecule has 1 heterocycles. The van der Waals surface area contributed by atoms with E-state index >= 15 is 0 Å². The Morgan fingerprint density at radius 2 is 1.88 bits per heavy atom. The van der Waals surface area contributed by atoms with E-state index in [0.717, 1.165) is 15.7 Å². The molecule has 1 aromatic carbocycles. The Hall–Kier alpha value is -1.36. The van der Waals surface area contributed by atoms with Crippen molar-refractivity contribution < 1.29 is 14.3 Å². The molecule has 1 saturated heterocycles. The summed E-state index contributed by atoms with van der Waals surface area (Å²) in [7, 11) is 0. The van der Waals surface area contributed by atoms with E-state index in [1.165, 1.54) is 0 Å². The van der Waals surface area contributed by atoms with E-state index in [0.29, 0.717) is 0 Å². The van der Waals surface area contributed by atoms with Gasteiger partial charge in [-0.05, 0) is 40.5 Å². The molecule has 1 aromatic rings. The number of aryl methyl sites for hydroxylation is 1. The lowest BCUT2D eigenvalue weighted by Crippen LogP contribution is -2.43. The van der Waals surface area contributed by atoms with Crippen LogP contribution in [0.1, 0.15) is 5.56 Å². The van der Waals surface area contributed by atoms with Crippen LogP contribution in [0, 0.1) is 6.92 Å². The number of benzene rings is 1. The Bertz CT molecular complexity index is 443. The third-order valence-corrected chi connectivity index (χ3v) is 2.98. The van der Waals surface area contributed by atoms with Gasteiger partial charge in [-0.2, -0.15) is 0 Å². The van der Waals surface area contributed by atoms with E-state index in [1.54, 1.807) is 4.90 Å². The summed E-state index contributed by atoms with van der Waals surface area (Å²) in [4.78, 5) is 24.0. The minimum absolute atomic E-state index is 0.105. The first kappa shape index (κ1) is 11.1. The van der Waals surface area contributed by atoms with Gasteiger partial charge in [0.1, 0.15) is 13.1 Å². The zero-order chi connectivity index (χ0) is 11.7. The minimum Gasteiger partial charge on any atom is -0.390 e. The van der Waals surface area contributed by atoms with Crippen molar-refractivity contribution in [1.82, 2.24) is 0 Å². The molecule has 0 spiro atoms. The molecule has 0 bridgehead atoms. The van der Waals surface area contributed by atoms with Crippen LogP contribution in [-0.4, -0.2) is 25.0 Å². The second-order valence-electron chi connectivity index (χ2n) is 3.66. The number of carbonyl (C=O) groups excluding carboxylic acids is 2. The normalized spacial score (nSPS) is 16.2. The van der Waals surface area contributed by atoms with E-state index in [1.807, 2.05) is 25.1 Å². The van der Waals surface area contributed by atoms with Gasteiger partial charge in [-0.3, -0.25) is 0 Å². The Morgan fingerprint density at radius 3 is 2.50 bits per heavy atom. The summed E-state index contributed by atoms with van der Waals surface area (Å²) < 4.78 is 5.33. The molecule has 16 heavy (non-hydrogen) atoms. The van der Waals surface area contributed by atoms with Gasteiger partial charge in [-0.15, -0.1) is 0 Å². The smallest absolute Gasteiger partial charge is 0.333 e. The zero-order valence-electron chi connectivity index (χ0n) is 8.70. The molecule has 0 saturated carbocycles. The van der Waals surface area contributed by atoms with Crippen molar-refractivity contribution in [2.75, 3.05) is 18.0 Å². The number of nitrogens with zero attached hydrogens (tertiary/aromatic N) is 1. The van der Waals surface area contributed by atoms with Gasteiger partial charge in [0, 0.05) is 4.47 Å². The number of hydrogen-bond acceptors (Lipinski definition) is 4. The average molecular weight is 284 g/mol. The Kier molecular flexibility index (Phi) is 2.96. The van der Waals surface area contributed by atoms with E-state index in [-0.39, 0.29) is 13.1 Å². The van der Waals surface area contributed by atoms with Crippen LogP contribution in [0.25, 0.3) is 0 Å². The van der Waals surface area contributed by atoms with Crippen LogP contribution in [0.5, 0.6) is 0 Å². The largest absolute Gasteiger partial charge is 0.390 e. The predicted octanol–water partition coefficient (Wildman–Crippen LogP) is 1.65. The molecular weight excluding hydrogens is 274 g/mol. The van der Waals surface area contributed by atoms with Crippen LogP contribution >= 0.6 is 15.9 Å². The topological polar surface area (TPSA) is 46.6 Å². The number of esters is 2. The maximum absolute atomic E-state index is 11.2. The molecule has 0 unspecified atom stereocenters. The summed E-state index contributed by atoms with van der Waals surface area (Å²) in [5, 5.41) is 0. The van der Waals surface area contributed by atoms with E-state index in [4.69, 9.17) is 0 Å². The molecule has 2 rings (SSSR count). The van der Waals surface area contributed by atoms with E-state index < -0.39 is 11.9 Å². The third-order valence-electron chi connectivity index (χ3n) is 2.31. The number of cyclic esters (lactones) is 2. The number of carbonyl (C=O) groups is 2. The molecule has 1 aliphatic heterocycles. The predicted molar refractivity (Wildman–Crippen MR) is 62.2 cm³/mol. The highest BCUT2D eigenvalue weighted by molar-refractivity contribution is 9.10. The fourth-order valence-electron chi connectivity index (χ4n) is 1.59. The van der Waals surface area contributed by atoms with Crippen LogP contribution in [0.3, 0.4) is 0 Å². The molecule has 0 aliphatic carbocycles. The highest BCUT2D eigenvalue weighted by Crippen LogP contribution is 2.28. The number of hydrogen-bond donors (Lipinski definition) is 0. The van der Waals surface area contributed by atoms with Crippen molar-refractivity contribution >= 4 is 33.6 Å². The monoisotopic (exact) mass is 283 g/mol. The molecule has 0 amide bonds. The summed E-state index contributed by atoms with van der Waals surface area (Å²) in [6.07, 6.45) is 0. The van der Waals surface area contributed by atoms with Crippen molar-refractivity contribution in [2.24, 2.45) is 0 Å². The highest BCUT2D eigenvalue weighted by Gasteiger charge is 2.26. The number of halogens is 1. The first-order valence-corrected chi connectivity index (χ1v) is 5.60. The first-order chi connectivity index (χ1) is 7.56. The lowest BCUT2D eigenvalue weighted by molar-refractivity contribution is -0.160. The van der Waals surface area contributed by atoms with Crippen molar-refractivity contribution in [2.45, 2.75) is 6.92 Å². The first-order valence-electron chi connectivity index (χ1n) is 4.81. The van der Waals surface area contributed by atoms with Gasteiger partial charge in [0.2, 0.25) is 0 Å². The molecule has 0 N–H and O–H groups in total. The number of ether oxygens (including phenoxy) is 1. The maximum atomic E-state index is 11.2. The van der Waals surface area contributed by atoms with Crippen molar-refractivity contribution in [1.29, 1.82) is 0 Å². The standard InChI is InChI=1S/C11H10BrNO3/c1-7-2-3-8(12)9(4-7)13-5-10(14)16-11(15)6-13/h2-4H,5-6H2,1H3. The summed E-state index contributed by atoms with van der Waals surface area (Å²) in [6, 6.07) is 5.78. The number of anilines is 1. The number of morpholine rings is 1. The third kappa shape index (κ3) is 2.24. The molecule has 5 heteroatoms. The van der Waals surface area contributed by atoms with Gasteiger partial charge < -0.3 is 9.64 Å². The van der Waals surface area contributed by atoms with Crippen LogP contribution < -0.4 is 4.90 Å². The maximum Gasteiger partial charge on any atom is 0.333 e. The highest BCUT2D eigenvalue weighted by atomic mass is 79.9. The lowest BCUT2D eigenvalue weighted by atomic mass is 10.2. The Balaban J connectivity index is 2.32. The van der Waals surface area contributed by atoms with Crippen LogP contribution in [0.4, 0.5) is 5.69 Å². The van der Waals surface area contributed by atoms with Gasteiger partial charge >= 0.3 is 11.9 Å². The van der Waals surface area contributed by atoms with E-state index in [9.17, 15) is 9.59 Å². The van der Waals surface area contributed by atoms with Crippen LogP contribution in [0.15, 0.2) is 22.7 Å². The average Bonchev–Trinajstić information content (AvgIpc) is 2.20. The van der Waals surface area contributed by atoms with Crippen LogP contribution in [0.2, 0.25) is 0 Å². The van der Waals surface area contributed by atoms with Gasteiger partial charge in [0.25, 0.3) is 0 Å². The SMILES string of the molecule is Cc1ccc(Br)c(N2CC(=O)OC(=O)C2)c1. The molecule has 4 nitrogen and oxygen atoms in total. The second kappa shape index (κ2) is 4.25. The van der Waals surface area contributed by atoms with Gasteiger partial charge in [0.15, 0.2) is 0 Å². The van der Waals surface area contributed by atoms with Crippen LogP contribution in [-0.2, 0) is 14.3 Å². The molecular formula is C11H10BrNO3. The zero-order valence-corrected chi connectivity index (χ0v) is 10.3. The quantitative estimate of drug-likeness (QED) is 0.581. The second-order valence-corrected chi connectivity index (χ2v) is 4.51. The van der Waals surface area contributed by atoms with E-state index in [2.05, 4.69) is 20.7 Å². The fraction of sp³-hybridized carbons (Fsp3) is 0.273. The summed E-state index contributed by atoms with van der Waals surface area (Å²) in [5.41, 5.74) is 1.91. The minimum atomic E-state index is -0.510. The molecule has 0 atom stereocenters. The summed E-state index contributed by atoms with van der Waals surface area (Å²) in [6.45, 7) is 2.17. The lowest BCUT2D eigenvalue weighted by Gasteiger charge is -2.27. The Labute approximate surface area is 101 Å². The summed E-state index contributed by atoms with van der Waals surface area (Å²) in [5.74, 6) is -1.02. The van der Waals surface area contributed by atoms with Gasteiger partial charge in [0.05, 0.1) is 5.69 Å². The molecule has 1 fully saturated rings. The van der Waals surface area contributed by atoms with Crippen molar-refractivity contribution in [3.05, 3.63) is 28.2 Å². The van der Waals surface area contributed by atoms with Gasteiger partial charge in [-0.1, -0.05) is 6.07 Å². The van der Waals surface area contributed by atoms with Crippen molar-refractivity contribution in [3.8, 4) is 0 Å². The molecule has 84 valence electrons. The molecule has 0 aromatic heterocycles. The molecule has 1 aliphatic rings.